The third-order valence-electron chi connectivity index (χ3n) is 4.69. The first-order valence-electron chi connectivity index (χ1n) is 9.29. The van der Waals surface area contributed by atoms with E-state index < -0.39 is 0 Å². The number of nitrogens with zero attached hydrogens (tertiary/aromatic N) is 3. The Labute approximate surface area is 191 Å². The third-order valence-corrected chi connectivity index (χ3v) is 5.71. The van der Waals surface area contributed by atoms with Gasteiger partial charge in [-0.15, -0.1) is 5.10 Å². The molecule has 3 aromatic carbocycles. The van der Waals surface area contributed by atoms with Crippen LogP contribution in [0.25, 0.3) is 17.1 Å². The van der Waals surface area contributed by atoms with Gasteiger partial charge in [0.05, 0.1) is 5.69 Å². The van der Waals surface area contributed by atoms with Crippen molar-refractivity contribution in [3.63, 3.8) is 0 Å². The Bertz CT molecular complexity index is 1230. The van der Waals surface area contributed by atoms with E-state index in [0.717, 1.165) is 37.0 Å². The first-order chi connectivity index (χ1) is 14.4. The number of benzene rings is 3. The molecule has 0 fully saturated rings. The van der Waals surface area contributed by atoms with Crippen LogP contribution in [0, 0.1) is 13.8 Å². The minimum Gasteiger partial charge on any atom is -0.319 e. The molecule has 1 amide bonds. The minimum absolute atomic E-state index is 0.110. The van der Waals surface area contributed by atoms with E-state index in [9.17, 15) is 4.79 Å². The van der Waals surface area contributed by atoms with E-state index in [-0.39, 0.29) is 11.7 Å². The number of anilines is 1. The summed E-state index contributed by atoms with van der Waals surface area (Å²) < 4.78 is 3.65. The molecule has 0 radical (unpaired) electrons. The normalized spacial score (nSPS) is 10.8. The molecule has 0 saturated heterocycles. The number of hydrogen-bond donors (Lipinski definition) is 1. The predicted octanol–water partition coefficient (Wildman–Crippen LogP) is 6.33. The van der Waals surface area contributed by atoms with E-state index in [1.165, 1.54) is 0 Å². The summed E-state index contributed by atoms with van der Waals surface area (Å²) in [4.78, 5) is 17.5. The zero-order valence-corrected chi connectivity index (χ0v) is 19.5. The molecule has 0 aliphatic carbocycles. The van der Waals surface area contributed by atoms with Gasteiger partial charge in [-0.05, 0) is 61.4 Å². The van der Waals surface area contributed by atoms with Crippen LogP contribution in [-0.2, 0) is 0 Å². The van der Waals surface area contributed by atoms with Crippen molar-refractivity contribution in [2.24, 2.45) is 0 Å². The van der Waals surface area contributed by atoms with E-state index in [1.807, 2.05) is 80.6 Å². The summed E-state index contributed by atoms with van der Waals surface area (Å²) in [5.74, 6) is 0.360. The van der Waals surface area contributed by atoms with E-state index in [1.54, 1.807) is 4.68 Å². The molecule has 4 rings (SSSR count). The van der Waals surface area contributed by atoms with Gasteiger partial charge in [-0.25, -0.2) is 9.67 Å². The lowest BCUT2D eigenvalue weighted by molar-refractivity contribution is 0.101. The van der Waals surface area contributed by atoms with Crippen LogP contribution in [0.3, 0.4) is 0 Å². The van der Waals surface area contributed by atoms with Crippen molar-refractivity contribution in [2.75, 3.05) is 5.32 Å². The lowest BCUT2D eigenvalue weighted by Crippen LogP contribution is -2.15. The van der Waals surface area contributed by atoms with Crippen molar-refractivity contribution in [1.82, 2.24) is 14.8 Å². The molecule has 7 heteroatoms. The van der Waals surface area contributed by atoms with Gasteiger partial charge >= 0.3 is 0 Å². The quantitative estimate of drug-likeness (QED) is 0.338. The number of carbonyl (C=O) groups excluding carboxylic acids is 1. The average Bonchev–Trinajstić information content (AvgIpc) is 3.16. The predicted molar refractivity (Wildman–Crippen MR) is 126 cm³/mol. The summed E-state index contributed by atoms with van der Waals surface area (Å²) in [6.07, 6.45) is 0. The summed E-state index contributed by atoms with van der Waals surface area (Å²) in [7, 11) is 0. The zero-order chi connectivity index (χ0) is 21.3. The average molecular weight is 526 g/mol. The molecule has 30 heavy (non-hydrogen) atoms. The molecule has 1 heterocycles. The summed E-state index contributed by atoms with van der Waals surface area (Å²) in [6, 6.07) is 21.4. The maximum atomic E-state index is 12.9. The van der Waals surface area contributed by atoms with Crippen molar-refractivity contribution in [3.05, 3.63) is 92.6 Å². The highest BCUT2D eigenvalue weighted by Gasteiger charge is 2.20. The van der Waals surface area contributed by atoms with Crippen molar-refractivity contribution in [3.8, 4) is 17.1 Å². The summed E-state index contributed by atoms with van der Waals surface area (Å²) in [6.45, 7) is 3.94. The Morgan fingerprint density at radius 1 is 0.900 bits per heavy atom. The second-order valence-electron chi connectivity index (χ2n) is 6.88. The summed E-state index contributed by atoms with van der Waals surface area (Å²) in [5, 5.41) is 7.47. The number of aryl methyl sites for hydroxylation is 2. The Morgan fingerprint density at radius 3 is 2.30 bits per heavy atom. The van der Waals surface area contributed by atoms with Gasteiger partial charge in [0.15, 0.2) is 5.82 Å². The lowest BCUT2D eigenvalue weighted by Gasteiger charge is -2.08. The van der Waals surface area contributed by atoms with Crippen LogP contribution in [0.2, 0.25) is 0 Å². The molecule has 0 unspecified atom stereocenters. The van der Waals surface area contributed by atoms with Crippen LogP contribution >= 0.6 is 31.9 Å². The first-order valence-corrected chi connectivity index (χ1v) is 10.9. The molecule has 0 saturated carbocycles. The van der Waals surface area contributed by atoms with Crippen LogP contribution in [0.15, 0.2) is 75.7 Å². The Hall–Kier alpha value is -2.77. The van der Waals surface area contributed by atoms with Gasteiger partial charge in [-0.2, -0.15) is 0 Å². The zero-order valence-electron chi connectivity index (χ0n) is 16.4. The second kappa shape index (κ2) is 8.53. The largest absolute Gasteiger partial charge is 0.319 e. The van der Waals surface area contributed by atoms with Gasteiger partial charge < -0.3 is 5.32 Å². The highest BCUT2D eigenvalue weighted by molar-refractivity contribution is 9.10. The molecule has 0 spiro atoms. The number of aromatic nitrogens is 3. The van der Waals surface area contributed by atoms with E-state index in [0.29, 0.717) is 5.82 Å². The number of nitrogens with one attached hydrogen (secondary N) is 1. The molecule has 1 aromatic heterocycles. The van der Waals surface area contributed by atoms with Crippen LogP contribution in [0.1, 0.15) is 21.7 Å². The molecule has 0 atom stereocenters. The summed E-state index contributed by atoms with van der Waals surface area (Å²) >= 11 is 6.90. The smallest absolute Gasteiger partial charge is 0.295 e. The maximum absolute atomic E-state index is 12.9. The molecule has 0 aliphatic rings. The molecule has 0 aliphatic heterocycles. The van der Waals surface area contributed by atoms with Gasteiger partial charge in [0.2, 0.25) is 5.82 Å². The Balaban J connectivity index is 1.77. The lowest BCUT2D eigenvalue weighted by atomic mass is 10.2. The Kier molecular flexibility index (Phi) is 5.83. The Morgan fingerprint density at radius 2 is 1.60 bits per heavy atom. The fourth-order valence-corrected chi connectivity index (χ4v) is 3.85. The number of rotatable bonds is 4. The highest BCUT2D eigenvalue weighted by atomic mass is 79.9. The van der Waals surface area contributed by atoms with Crippen molar-refractivity contribution < 1.29 is 4.79 Å². The number of hydrogen-bond acceptors (Lipinski definition) is 3. The molecular weight excluding hydrogens is 508 g/mol. The van der Waals surface area contributed by atoms with Crippen molar-refractivity contribution >= 4 is 43.5 Å². The topological polar surface area (TPSA) is 59.8 Å². The van der Waals surface area contributed by atoms with E-state index in [2.05, 4.69) is 47.3 Å². The first kappa shape index (κ1) is 20.5. The maximum Gasteiger partial charge on any atom is 0.295 e. The van der Waals surface area contributed by atoms with Crippen LogP contribution in [0.4, 0.5) is 5.69 Å². The fourth-order valence-electron chi connectivity index (χ4n) is 3.11. The molecule has 1 N–H and O–H groups in total. The SMILES string of the molecule is Cc1cc(Br)ccc1NC(=O)c1nc(-c2ccc(Br)cc2)n(-c2ccccc2C)n1. The van der Waals surface area contributed by atoms with Gasteiger partial charge in [0, 0.05) is 20.2 Å². The highest BCUT2D eigenvalue weighted by Crippen LogP contribution is 2.25. The van der Waals surface area contributed by atoms with Gasteiger partial charge in [-0.3, -0.25) is 4.79 Å². The molecule has 150 valence electrons. The monoisotopic (exact) mass is 524 g/mol. The van der Waals surface area contributed by atoms with E-state index in [4.69, 9.17) is 0 Å². The van der Waals surface area contributed by atoms with Crippen molar-refractivity contribution in [1.29, 1.82) is 0 Å². The van der Waals surface area contributed by atoms with Gasteiger partial charge in [0.25, 0.3) is 5.91 Å². The van der Waals surface area contributed by atoms with Gasteiger partial charge in [-0.1, -0.05) is 62.2 Å². The van der Waals surface area contributed by atoms with Crippen molar-refractivity contribution in [2.45, 2.75) is 13.8 Å². The van der Waals surface area contributed by atoms with Gasteiger partial charge in [0.1, 0.15) is 0 Å². The molecule has 5 nitrogen and oxygen atoms in total. The molecular formula is C23H18Br2N4O. The molecule has 0 bridgehead atoms. The summed E-state index contributed by atoms with van der Waals surface area (Å²) in [5.41, 5.74) is 4.45. The van der Waals surface area contributed by atoms with Crippen LogP contribution in [0.5, 0.6) is 0 Å². The van der Waals surface area contributed by atoms with E-state index >= 15 is 0 Å². The fraction of sp³-hybridized carbons (Fsp3) is 0.0870. The standard InChI is InChI=1S/C23H18Br2N4O/c1-14-5-3-4-6-20(14)29-22(16-7-9-17(24)10-8-16)27-21(28-29)23(30)26-19-12-11-18(25)13-15(19)2/h3-13H,1-2H3,(H,26,30). The number of para-hydroxylation sites is 1. The number of amides is 1. The van der Waals surface area contributed by atoms with Crippen LogP contribution < -0.4 is 5.32 Å². The second-order valence-corrected chi connectivity index (χ2v) is 8.71. The number of carbonyl (C=O) groups is 1. The van der Waals surface area contributed by atoms with Crippen LogP contribution in [-0.4, -0.2) is 20.7 Å². The third kappa shape index (κ3) is 4.22. The minimum atomic E-state index is -0.355. The molecule has 4 aromatic rings. The number of halogens is 2.